The summed E-state index contributed by atoms with van der Waals surface area (Å²) in [5.41, 5.74) is 0.362. The van der Waals surface area contributed by atoms with Crippen molar-refractivity contribution in [3.8, 4) is 5.75 Å². The summed E-state index contributed by atoms with van der Waals surface area (Å²) in [6, 6.07) is 13.1. The maximum atomic E-state index is 11.4. The number of rotatable bonds is 5. The van der Waals surface area contributed by atoms with E-state index in [0.717, 1.165) is 20.4 Å². The van der Waals surface area contributed by atoms with Gasteiger partial charge < -0.3 is 9.84 Å². The Kier molecular flexibility index (Phi) is 4.98. The second-order valence-corrected chi connectivity index (χ2v) is 5.88. The van der Waals surface area contributed by atoms with Crippen LogP contribution in [-0.2, 0) is 0 Å². The van der Waals surface area contributed by atoms with Crippen LogP contribution in [0.25, 0.3) is 0 Å². The van der Waals surface area contributed by atoms with Gasteiger partial charge in [0.25, 0.3) is 0 Å². The second kappa shape index (κ2) is 6.72. The summed E-state index contributed by atoms with van der Waals surface area (Å²) >= 11 is 2.88. The number of benzene rings is 2. The zero-order chi connectivity index (χ0) is 14.5. The van der Waals surface area contributed by atoms with E-state index < -0.39 is 5.97 Å². The molecule has 2 rings (SSSR count). The molecule has 0 saturated heterocycles. The number of ether oxygens (including phenoxy) is 1. The Bertz CT molecular complexity index is 609. The maximum Gasteiger partial charge on any atom is 0.337 e. The minimum Gasteiger partial charge on any atom is -0.497 e. The van der Waals surface area contributed by atoms with Crippen molar-refractivity contribution in [3.63, 3.8) is 0 Å². The van der Waals surface area contributed by atoms with Crippen LogP contribution in [0.15, 0.2) is 57.2 Å². The van der Waals surface area contributed by atoms with Gasteiger partial charge in [0.2, 0.25) is 0 Å². The van der Waals surface area contributed by atoms with Crippen molar-refractivity contribution in [1.29, 1.82) is 0 Å². The van der Waals surface area contributed by atoms with Crippen molar-refractivity contribution in [3.05, 3.63) is 48.0 Å². The van der Waals surface area contributed by atoms with Gasteiger partial charge in [-0.1, -0.05) is 17.8 Å². The number of carbonyl (C=O) groups is 1. The Hall–Kier alpha value is -1.59. The van der Waals surface area contributed by atoms with E-state index in [-0.39, 0.29) is 0 Å². The van der Waals surface area contributed by atoms with E-state index in [9.17, 15) is 9.90 Å². The fourth-order valence-corrected chi connectivity index (χ4v) is 3.40. The van der Waals surface area contributed by atoms with Crippen LogP contribution in [0.1, 0.15) is 10.4 Å². The van der Waals surface area contributed by atoms with Crippen molar-refractivity contribution in [2.24, 2.45) is 0 Å². The third-order valence-electron chi connectivity index (χ3n) is 2.71. The number of carboxylic acid groups (broad SMARTS) is 1. The molecule has 0 aliphatic carbocycles. The molecule has 5 heteroatoms. The third kappa shape index (κ3) is 3.29. The van der Waals surface area contributed by atoms with Crippen LogP contribution in [0.2, 0.25) is 0 Å². The molecule has 1 N–H and O–H groups in total. The highest BCUT2D eigenvalue weighted by atomic mass is 32.2. The first-order valence-corrected chi connectivity index (χ1v) is 7.92. The highest BCUT2D eigenvalue weighted by molar-refractivity contribution is 8.00. The Morgan fingerprint density at radius 3 is 2.30 bits per heavy atom. The second-order valence-electron chi connectivity index (χ2n) is 3.92. The maximum absolute atomic E-state index is 11.4. The monoisotopic (exact) mass is 306 g/mol. The molecular weight excluding hydrogens is 292 g/mol. The highest BCUT2D eigenvalue weighted by Crippen LogP contribution is 2.35. The SMILES string of the molecule is COc1ccc(Sc2cccc(SC)c2C(=O)O)cc1. The molecule has 20 heavy (non-hydrogen) atoms. The normalized spacial score (nSPS) is 10.3. The van der Waals surface area contributed by atoms with E-state index in [1.807, 2.05) is 48.7 Å². The molecule has 3 nitrogen and oxygen atoms in total. The van der Waals surface area contributed by atoms with Gasteiger partial charge in [-0.2, -0.15) is 0 Å². The lowest BCUT2D eigenvalue weighted by molar-refractivity contribution is 0.0689. The minimum atomic E-state index is -0.897. The number of aromatic carboxylic acids is 1. The van der Waals surface area contributed by atoms with Crippen molar-refractivity contribution in [1.82, 2.24) is 0 Å². The molecule has 2 aromatic rings. The molecule has 0 radical (unpaired) electrons. The van der Waals surface area contributed by atoms with Crippen LogP contribution in [-0.4, -0.2) is 24.4 Å². The molecule has 0 amide bonds. The fourth-order valence-electron chi connectivity index (χ4n) is 1.75. The Morgan fingerprint density at radius 2 is 1.75 bits per heavy atom. The number of thioether (sulfide) groups is 1. The average Bonchev–Trinajstić information content (AvgIpc) is 2.47. The van der Waals surface area contributed by atoms with Crippen LogP contribution < -0.4 is 4.74 Å². The van der Waals surface area contributed by atoms with Gasteiger partial charge in [0, 0.05) is 14.7 Å². The molecule has 0 spiro atoms. The molecule has 0 heterocycles. The molecule has 0 fully saturated rings. The first-order chi connectivity index (χ1) is 9.65. The molecule has 0 saturated carbocycles. The van der Waals surface area contributed by atoms with Gasteiger partial charge in [-0.05, 0) is 42.7 Å². The van der Waals surface area contributed by atoms with Crippen molar-refractivity contribution >= 4 is 29.5 Å². The van der Waals surface area contributed by atoms with Crippen LogP contribution >= 0.6 is 23.5 Å². The summed E-state index contributed by atoms with van der Waals surface area (Å²) in [4.78, 5) is 13.9. The van der Waals surface area contributed by atoms with Crippen LogP contribution in [0.5, 0.6) is 5.75 Å². The summed E-state index contributed by atoms with van der Waals surface area (Å²) in [7, 11) is 1.62. The molecule has 2 aromatic carbocycles. The predicted octanol–water partition coefficient (Wildman–Crippen LogP) is 4.27. The van der Waals surface area contributed by atoms with E-state index in [1.54, 1.807) is 7.11 Å². The molecule has 0 aliphatic rings. The Balaban J connectivity index is 2.34. The topological polar surface area (TPSA) is 46.5 Å². The third-order valence-corrected chi connectivity index (χ3v) is 4.56. The number of hydrogen-bond acceptors (Lipinski definition) is 4. The van der Waals surface area contributed by atoms with E-state index in [0.29, 0.717) is 5.56 Å². The van der Waals surface area contributed by atoms with Gasteiger partial charge in [0.15, 0.2) is 0 Å². The van der Waals surface area contributed by atoms with Crippen LogP contribution in [0.4, 0.5) is 0 Å². The predicted molar refractivity (Wildman–Crippen MR) is 82.3 cm³/mol. The molecule has 0 unspecified atom stereocenters. The molecule has 0 aliphatic heterocycles. The van der Waals surface area contributed by atoms with Crippen molar-refractivity contribution in [2.45, 2.75) is 14.7 Å². The molecular formula is C15H14O3S2. The molecule has 104 valence electrons. The van der Waals surface area contributed by atoms with Gasteiger partial charge >= 0.3 is 5.97 Å². The van der Waals surface area contributed by atoms with Gasteiger partial charge in [0.05, 0.1) is 12.7 Å². The number of methoxy groups -OCH3 is 1. The number of hydrogen-bond donors (Lipinski definition) is 1. The Labute approximate surface area is 126 Å². The summed E-state index contributed by atoms with van der Waals surface area (Å²) in [5, 5.41) is 9.39. The lowest BCUT2D eigenvalue weighted by Gasteiger charge is -2.09. The van der Waals surface area contributed by atoms with Crippen molar-refractivity contribution < 1.29 is 14.6 Å². The fraction of sp³-hybridized carbons (Fsp3) is 0.133. The average molecular weight is 306 g/mol. The van der Waals surface area contributed by atoms with Crippen LogP contribution in [0.3, 0.4) is 0 Å². The summed E-state index contributed by atoms with van der Waals surface area (Å²) in [6.07, 6.45) is 1.88. The smallest absolute Gasteiger partial charge is 0.337 e. The van der Waals surface area contributed by atoms with Gasteiger partial charge in [0.1, 0.15) is 5.75 Å². The Morgan fingerprint density at radius 1 is 1.10 bits per heavy atom. The molecule has 0 bridgehead atoms. The standard InChI is InChI=1S/C15H14O3S2/c1-18-10-6-8-11(9-7-10)20-13-5-3-4-12(19-2)14(13)15(16)17/h3-9H,1-2H3,(H,16,17). The molecule has 0 aromatic heterocycles. The zero-order valence-corrected chi connectivity index (χ0v) is 12.8. The largest absolute Gasteiger partial charge is 0.497 e. The first kappa shape index (κ1) is 14.8. The highest BCUT2D eigenvalue weighted by Gasteiger charge is 2.15. The van der Waals surface area contributed by atoms with E-state index in [4.69, 9.17) is 4.74 Å². The van der Waals surface area contributed by atoms with Crippen molar-refractivity contribution in [2.75, 3.05) is 13.4 Å². The van der Waals surface area contributed by atoms with E-state index in [2.05, 4.69) is 0 Å². The van der Waals surface area contributed by atoms with E-state index in [1.165, 1.54) is 23.5 Å². The van der Waals surface area contributed by atoms with Gasteiger partial charge in [-0.25, -0.2) is 4.79 Å². The minimum absolute atomic E-state index is 0.362. The van der Waals surface area contributed by atoms with Crippen LogP contribution in [0, 0.1) is 0 Å². The van der Waals surface area contributed by atoms with E-state index >= 15 is 0 Å². The zero-order valence-electron chi connectivity index (χ0n) is 11.1. The van der Waals surface area contributed by atoms with Gasteiger partial charge in [-0.3, -0.25) is 0 Å². The first-order valence-electron chi connectivity index (χ1n) is 5.88. The lowest BCUT2D eigenvalue weighted by Crippen LogP contribution is -2.01. The van der Waals surface area contributed by atoms with Gasteiger partial charge in [-0.15, -0.1) is 11.8 Å². The lowest BCUT2D eigenvalue weighted by atomic mass is 10.2. The molecule has 0 atom stereocenters. The summed E-state index contributed by atoms with van der Waals surface area (Å²) in [5.74, 6) is -0.114. The number of carboxylic acids is 1. The summed E-state index contributed by atoms with van der Waals surface area (Å²) in [6.45, 7) is 0. The quantitative estimate of drug-likeness (QED) is 0.836. The summed E-state index contributed by atoms with van der Waals surface area (Å²) < 4.78 is 5.11.